The van der Waals surface area contributed by atoms with Crippen molar-refractivity contribution in [2.24, 2.45) is 9.98 Å². The van der Waals surface area contributed by atoms with E-state index in [1.807, 2.05) is 85.1 Å². The van der Waals surface area contributed by atoms with Crippen LogP contribution in [-0.2, 0) is 0 Å². The number of allylic oxidation sites excluding steroid dienone is 1. The number of hydrogen-bond donors (Lipinski definition) is 1. The summed E-state index contributed by atoms with van der Waals surface area (Å²) >= 11 is 0. The molecule has 2 aliphatic rings. The van der Waals surface area contributed by atoms with Crippen LogP contribution in [0.3, 0.4) is 0 Å². The summed E-state index contributed by atoms with van der Waals surface area (Å²) in [4.78, 5) is 16.7. The number of ether oxygens (including phenoxy) is 1. The fourth-order valence-electron chi connectivity index (χ4n) is 5.01. The van der Waals surface area contributed by atoms with E-state index in [4.69, 9.17) is 4.74 Å². The number of fused-ring (bicyclic) bond motifs is 4. The molecule has 0 amide bonds. The monoisotopic (exact) mass is 609 g/mol. The van der Waals surface area contributed by atoms with Crippen LogP contribution in [0.15, 0.2) is 64.2 Å². The van der Waals surface area contributed by atoms with Gasteiger partial charge in [0.25, 0.3) is 0 Å². The van der Waals surface area contributed by atoms with Crippen LogP contribution in [-0.4, -0.2) is 60.3 Å². The first-order chi connectivity index (χ1) is 21.3. The third-order valence-electron chi connectivity index (χ3n) is 6.68. The number of imidazole rings is 1. The van der Waals surface area contributed by atoms with E-state index in [-0.39, 0.29) is 23.9 Å². The summed E-state index contributed by atoms with van der Waals surface area (Å²) in [6.07, 6.45) is 3.07. The molecule has 0 bridgehead atoms. The van der Waals surface area contributed by atoms with Crippen LogP contribution in [0, 0.1) is 12.7 Å². The minimum atomic E-state index is -0.712. The largest absolute Gasteiger partial charge is 0.485 e. The molecule has 240 valence electrons. The molecule has 1 N–H and O–H groups in total. The number of nitrogens with one attached hydrogen (secondary N) is 1. The van der Waals surface area contributed by atoms with Crippen LogP contribution < -0.4 is 15.0 Å². The number of anilines is 2. The maximum Gasteiger partial charge on any atom is 0.167 e. The van der Waals surface area contributed by atoms with Crippen molar-refractivity contribution >= 4 is 34.8 Å². The summed E-state index contributed by atoms with van der Waals surface area (Å²) in [6.45, 7) is 23.5. The number of nitrogens with zero attached hydrogens (tertiary/aromatic N) is 6. The van der Waals surface area contributed by atoms with Crippen molar-refractivity contribution in [3.05, 3.63) is 71.5 Å². The molecule has 8 nitrogen and oxygen atoms in total. The fraction of sp³-hybridized carbons (Fsp3) is 0.441. The van der Waals surface area contributed by atoms with Gasteiger partial charge in [0.1, 0.15) is 36.1 Å². The highest BCUT2D eigenvalue weighted by atomic mass is 19.1. The molecule has 2 aliphatic heterocycles. The first-order valence-corrected chi connectivity index (χ1v) is 15.5. The quantitative estimate of drug-likeness (QED) is 0.272. The zero-order valence-corrected chi connectivity index (χ0v) is 28.0. The van der Waals surface area contributed by atoms with E-state index in [9.17, 15) is 0 Å². The molecule has 0 saturated carbocycles. The maximum absolute atomic E-state index is 15.1. The molecule has 1 aromatic heterocycles. The van der Waals surface area contributed by atoms with Gasteiger partial charge in [-0.05, 0) is 51.8 Å². The number of aryl methyl sites for hydroxylation is 1. The van der Waals surface area contributed by atoms with Crippen LogP contribution in [0.4, 0.5) is 20.2 Å². The minimum Gasteiger partial charge on any atom is -0.485 e. The number of rotatable bonds is 7. The summed E-state index contributed by atoms with van der Waals surface area (Å²) in [6, 6.07) is 8.86. The Balaban J connectivity index is 0.00000106. The highest BCUT2D eigenvalue weighted by Crippen LogP contribution is 2.38. The first-order valence-electron chi connectivity index (χ1n) is 15.5. The van der Waals surface area contributed by atoms with Crippen molar-refractivity contribution in [2.45, 2.75) is 68.4 Å². The number of likely N-dealkylation sites (N-methyl/N-ethyl adjacent to an activating group) is 1. The van der Waals surface area contributed by atoms with Gasteiger partial charge in [0, 0.05) is 49.7 Å². The first kappa shape index (κ1) is 36.0. The highest BCUT2D eigenvalue weighted by Gasteiger charge is 2.26. The van der Waals surface area contributed by atoms with Gasteiger partial charge in [-0.25, -0.2) is 13.8 Å². The smallest absolute Gasteiger partial charge is 0.167 e. The molecule has 0 spiro atoms. The van der Waals surface area contributed by atoms with E-state index in [1.165, 1.54) is 6.07 Å². The van der Waals surface area contributed by atoms with Crippen LogP contribution in [0.5, 0.6) is 5.75 Å². The predicted molar refractivity (Wildman–Crippen MR) is 183 cm³/mol. The number of hydrogen-bond acceptors (Lipinski definition) is 7. The Kier molecular flexibility index (Phi) is 14.0. The second-order valence-electron chi connectivity index (χ2n) is 9.67. The molecule has 0 radical (unpaired) electrons. The topological polar surface area (TPSA) is 70.3 Å². The van der Waals surface area contributed by atoms with Crippen LogP contribution in [0.25, 0.3) is 11.0 Å². The Labute approximate surface area is 261 Å². The summed E-state index contributed by atoms with van der Waals surface area (Å²) in [5.41, 5.74) is 4.00. The minimum absolute atomic E-state index is 0.0266. The van der Waals surface area contributed by atoms with Crippen molar-refractivity contribution in [2.75, 3.05) is 43.6 Å². The van der Waals surface area contributed by atoms with Gasteiger partial charge in [-0.2, -0.15) is 0 Å². The lowest BCUT2D eigenvalue weighted by atomic mass is 10.1. The molecule has 0 aliphatic carbocycles. The average Bonchev–Trinajstić information content (AvgIpc) is 3.38. The summed E-state index contributed by atoms with van der Waals surface area (Å²) in [5, 5.41) is 3.20. The van der Waals surface area contributed by atoms with Gasteiger partial charge >= 0.3 is 0 Å². The number of halogens is 2. The summed E-state index contributed by atoms with van der Waals surface area (Å²) in [7, 11) is 2.05. The van der Waals surface area contributed by atoms with E-state index in [2.05, 4.69) is 50.1 Å². The third kappa shape index (κ3) is 8.03. The SMILES string of the molecule is C=N/C=C(F)\C(=N/CNc1ccc2c(c1)OCC1=CN(C)CCN12)c1cc(F)c2nc(C)n(C(C)C)c2c1.CC.CC.CC. The van der Waals surface area contributed by atoms with E-state index in [0.29, 0.717) is 23.5 Å². The van der Waals surface area contributed by atoms with Crippen molar-refractivity contribution in [3.8, 4) is 5.75 Å². The number of aliphatic imine (C=N–C) groups is 2. The molecule has 2 aromatic carbocycles. The maximum atomic E-state index is 15.1. The second-order valence-corrected chi connectivity index (χ2v) is 9.67. The van der Waals surface area contributed by atoms with Crippen LogP contribution in [0.2, 0.25) is 0 Å². The molecule has 0 saturated heterocycles. The van der Waals surface area contributed by atoms with Crippen LogP contribution in [0.1, 0.15) is 72.8 Å². The summed E-state index contributed by atoms with van der Waals surface area (Å²) in [5.74, 6) is 0.205. The van der Waals surface area contributed by atoms with E-state index >= 15 is 8.78 Å². The molecular weight excluding hydrogens is 560 g/mol. The molecule has 10 heteroatoms. The van der Waals surface area contributed by atoms with Gasteiger partial charge in [-0.15, -0.1) is 0 Å². The van der Waals surface area contributed by atoms with Crippen molar-refractivity contribution in [3.63, 3.8) is 0 Å². The van der Waals surface area contributed by atoms with Gasteiger partial charge < -0.3 is 24.4 Å². The Hall–Kier alpha value is -4.21. The van der Waals surface area contributed by atoms with E-state index < -0.39 is 11.6 Å². The van der Waals surface area contributed by atoms with Crippen LogP contribution >= 0.6 is 0 Å². The lowest BCUT2D eigenvalue weighted by molar-refractivity contribution is 0.316. The van der Waals surface area contributed by atoms with Crippen molar-refractivity contribution < 1.29 is 13.5 Å². The van der Waals surface area contributed by atoms with E-state index in [0.717, 1.165) is 42.1 Å². The second kappa shape index (κ2) is 17.2. The Morgan fingerprint density at radius 2 is 1.82 bits per heavy atom. The molecule has 3 heterocycles. The molecular formula is C34H49F2N7O. The number of aromatic nitrogens is 2. The molecule has 44 heavy (non-hydrogen) atoms. The van der Waals surface area contributed by atoms with E-state index in [1.54, 1.807) is 6.07 Å². The normalized spacial score (nSPS) is 14.1. The number of benzene rings is 2. The summed E-state index contributed by atoms with van der Waals surface area (Å²) < 4.78 is 38.0. The van der Waals surface area contributed by atoms with Gasteiger partial charge in [0.05, 0.1) is 23.1 Å². The molecule has 5 rings (SSSR count). The average molecular weight is 610 g/mol. The van der Waals surface area contributed by atoms with Gasteiger partial charge in [-0.1, -0.05) is 41.5 Å². The molecule has 3 aromatic rings. The lowest BCUT2D eigenvalue weighted by Crippen LogP contribution is -2.40. The van der Waals surface area contributed by atoms with Gasteiger partial charge in [0.15, 0.2) is 11.6 Å². The third-order valence-corrected chi connectivity index (χ3v) is 6.68. The fourth-order valence-corrected chi connectivity index (χ4v) is 5.01. The zero-order chi connectivity index (χ0) is 33.0. The van der Waals surface area contributed by atoms with Crippen molar-refractivity contribution in [1.82, 2.24) is 14.5 Å². The Morgan fingerprint density at radius 1 is 1.11 bits per heavy atom. The Morgan fingerprint density at radius 3 is 2.48 bits per heavy atom. The van der Waals surface area contributed by atoms with Gasteiger partial charge in [0.2, 0.25) is 0 Å². The van der Waals surface area contributed by atoms with Crippen molar-refractivity contribution in [1.29, 1.82) is 0 Å². The van der Waals surface area contributed by atoms with Gasteiger partial charge in [-0.3, -0.25) is 9.98 Å². The highest BCUT2D eigenvalue weighted by molar-refractivity contribution is 6.12. The predicted octanol–water partition coefficient (Wildman–Crippen LogP) is 8.50. The standard InChI is InChI=1S/C28H31F2N7O.3C2H6/c1-17(2)37-18(3)34-28-22(29)10-19(11-25(28)37)27(23(30)13-31-4)33-16-32-20-6-7-24-26(12-20)38-15-21-14-35(5)8-9-36(21)24;3*1-2/h6-7,10-14,17,32H,4,8-9,15-16H2,1-3,5H3;3*1-2H3/b23-13+,33-27-;;;. The zero-order valence-electron chi connectivity index (χ0n) is 28.0. The Bertz CT molecular complexity index is 1490. The molecule has 0 fully saturated rings. The molecule has 0 unspecified atom stereocenters. The lowest BCUT2D eigenvalue weighted by Gasteiger charge is -2.38. The molecule has 0 atom stereocenters.